The van der Waals surface area contributed by atoms with Crippen molar-refractivity contribution in [3.8, 4) is 11.3 Å². The van der Waals surface area contributed by atoms with Gasteiger partial charge in [0, 0.05) is 25.9 Å². The SMILES string of the molecule is Cc1nn(C)cc1-c1ncn(C)c1N. The van der Waals surface area contributed by atoms with Crippen LogP contribution >= 0.6 is 0 Å². The molecule has 14 heavy (non-hydrogen) atoms. The molecule has 2 rings (SSSR count). The normalized spacial score (nSPS) is 10.8. The highest BCUT2D eigenvalue weighted by molar-refractivity contribution is 5.71. The number of aryl methyl sites for hydroxylation is 3. The van der Waals surface area contributed by atoms with E-state index < -0.39 is 0 Å². The van der Waals surface area contributed by atoms with E-state index in [9.17, 15) is 0 Å². The molecule has 5 nitrogen and oxygen atoms in total. The van der Waals surface area contributed by atoms with Gasteiger partial charge in [0.2, 0.25) is 0 Å². The predicted molar refractivity (Wildman–Crippen MR) is 54.6 cm³/mol. The first kappa shape index (κ1) is 8.80. The van der Waals surface area contributed by atoms with Crippen molar-refractivity contribution in [2.45, 2.75) is 6.92 Å². The second-order valence-electron chi connectivity index (χ2n) is 3.39. The molecule has 2 aromatic heterocycles. The maximum Gasteiger partial charge on any atom is 0.131 e. The number of hydrogen-bond donors (Lipinski definition) is 1. The Morgan fingerprint density at radius 1 is 1.36 bits per heavy atom. The van der Waals surface area contributed by atoms with Crippen LogP contribution in [0.15, 0.2) is 12.5 Å². The quantitative estimate of drug-likeness (QED) is 0.722. The van der Waals surface area contributed by atoms with E-state index in [0.717, 1.165) is 17.0 Å². The lowest BCUT2D eigenvalue weighted by Gasteiger charge is -1.97. The highest BCUT2D eigenvalue weighted by Crippen LogP contribution is 2.25. The summed E-state index contributed by atoms with van der Waals surface area (Å²) in [6.07, 6.45) is 3.63. The summed E-state index contributed by atoms with van der Waals surface area (Å²) >= 11 is 0. The van der Waals surface area contributed by atoms with Gasteiger partial charge in [-0.2, -0.15) is 5.10 Å². The summed E-state index contributed by atoms with van der Waals surface area (Å²) in [6, 6.07) is 0. The smallest absolute Gasteiger partial charge is 0.131 e. The lowest BCUT2D eigenvalue weighted by molar-refractivity contribution is 0.756. The van der Waals surface area contributed by atoms with Crippen LogP contribution in [0.3, 0.4) is 0 Å². The zero-order valence-electron chi connectivity index (χ0n) is 8.52. The number of nitrogens with zero attached hydrogens (tertiary/aromatic N) is 4. The number of hydrogen-bond acceptors (Lipinski definition) is 3. The highest BCUT2D eigenvalue weighted by Gasteiger charge is 2.12. The average molecular weight is 191 g/mol. The Bertz CT molecular complexity index is 466. The zero-order chi connectivity index (χ0) is 10.3. The number of nitrogens with two attached hydrogens (primary N) is 1. The van der Waals surface area contributed by atoms with Crippen LogP contribution in [0, 0.1) is 6.92 Å². The van der Waals surface area contributed by atoms with Crippen LogP contribution in [0.5, 0.6) is 0 Å². The van der Waals surface area contributed by atoms with E-state index in [-0.39, 0.29) is 0 Å². The van der Waals surface area contributed by atoms with Gasteiger partial charge in [-0.25, -0.2) is 4.98 Å². The Morgan fingerprint density at radius 3 is 2.50 bits per heavy atom. The summed E-state index contributed by atoms with van der Waals surface area (Å²) in [5.74, 6) is 0.668. The van der Waals surface area contributed by atoms with Crippen LogP contribution in [0.25, 0.3) is 11.3 Å². The first-order valence-electron chi connectivity index (χ1n) is 4.37. The molecule has 0 aromatic carbocycles. The van der Waals surface area contributed by atoms with Gasteiger partial charge < -0.3 is 10.3 Å². The summed E-state index contributed by atoms with van der Waals surface area (Å²) in [6.45, 7) is 1.95. The third kappa shape index (κ3) is 1.17. The Labute approximate surface area is 82.2 Å². The van der Waals surface area contributed by atoms with Crippen LogP contribution in [0.2, 0.25) is 0 Å². The third-order valence-electron chi connectivity index (χ3n) is 2.25. The lowest BCUT2D eigenvalue weighted by atomic mass is 10.2. The number of aromatic nitrogens is 4. The van der Waals surface area contributed by atoms with Gasteiger partial charge in [-0.05, 0) is 6.92 Å². The predicted octanol–water partition coefficient (Wildman–Crippen LogP) is 0.711. The minimum Gasteiger partial charge on any atom is -0.383 e. The molecule has 2 heterocycles. The average Bonchev–Trinajstić information content (AvgIpc) is 2.59. The molecule has 0 bridgehead atoms. The maximum absolute atomic E-state index is 5.88. The fourth-order valence-corrected chi connectivity index (χ4v) is 1.48. The number of imidazole rings is 1. The highest BCUT2D eigenvalue weighted by atomic mass is 15.3. The Morgan fingerprint density at radius 2 is 2.07 bits per heavy atom. The molecule has 74 valence electrons. The minimum absolute atomic E-state index is 0.668. The largest absolute Gasteiger partial charge is 0.383 e. The second kappa shape index (κ2) is 2.87. The first-order valence-corrected chi connectivity index (χ1v) is 4.37. The molecule has 0 aliphatic heterocycles. The fourth-order valence-electron chi connectivity index (χ4n) is 1.48. The van der Waals surface area contributed by atoms with Crippen molar-refractivity contribution >= 4 is 5.82 Å². The second-order valence-corrected chi connectivity index (χ2v) is 3.39. The first-order chi connectivity index (χ1) is 6.59. The molecule has 2 aromatic rings. The van der Waals surface area contributed by atoms with Crippen molar-refractivity contribution in [3.05, 3.63) is 18.2 Å². The van der Waals surface area contributed by atoms with E-state index in [2.05, 4.69) is 10.1 Å². The van der Waals surface area contributed by atoms with Gasteiger partial charge in [0.05, 0.1) is 12.0 Å². The van der Waals surface area contributed by atoms with Crippen LogP contribution < -0.4 is 5.73 Å². The molecule has 0 radical (unpaired) electrons. The molecule has 0 spiro atoms. The van der Waals surface area contributed by atoms with Gasteiger partial charge in [-0.1, -0.05) is 0 Å². The van der Waals surface area contributed by atoms with Gasteiger partial charge in [0.25, 0.3) is 0 Å². The molecule has 5 heteroatoms. The van der Waals surface area contributed by atoms with Crippen molar-refractivity contribution in [1.29, 1.82) is 0 Å². The summed E-state index contributed by atoms with van der Waals surface area (Å²) < 4.78 is 3.56. The summed E-state index contributed by atoms with van der Waals surface area (Å²) in [5, 5.41) is 4.25. The molecule has 0 fully saturated rings. The monoisotopic (exact) mass is 191 g/mol. The van der Waals surface area contributed by atoms with E-state index >= 15 is 0 Å². The summed E-state index contributed by atoms with van der Waals surface area (Å²) in [5.41, 5.74) is 8.61. The molecule has 0 unspecified atom stereocenters. The van der Waals surface area contributed by atoms with Crippen molar-refractivity contribution < 1.29 is 0 Å². The van der Waals surface area contributed by atoms with E-state index in [4.69, 9.17) is 5.73 Å². The van der Waals surface area contributed by atoms with Gasteiger partial charge in [-0.3, -0.25) is 4.68 Å². The fraction of sp³-hybridized carbons (Fsp3) is 0.333. The topological polar surface area (TPSA) is 61.7 Å². The maximum atomic E-state index is 5.88. The summed E-state index contributed by atoms with van der Waals surface area (Å²) in [7, 11) is 3.76. The summed E-state index contributed by atoms with van der Waals surface area (Å²) in [4.78, 5) is 4.24. The minimum atomic E-state index is 0.668. The van der Waals surface area contributed by atoms with Crippen molar-refractivity contribution in [2.75, 3.05) is 5.73 Å². The third-order valence-corrected chi connectivity index (χ3v) is 2.25. The van der Waals surface area contributed by atoms with Crippen LogP contribution in [-0.4, -0.2) is 19.3 Å². The number of anilines is 1. The van der Waals surface area contributed by atoms with Crippen LogP contribution in [0.4, 0.5) is 5.82 Å². The van der Waals surface area contributed by atoms with Crippen molar-refractivity contribution in [1.82, 2.24) is 19.3 Å². The van der Waals surface area contributed by atoms with Gasteiger partial charge >= 0.3 is 0 Å². The van der Waals surface area contributed by atoms with E-state index in [1.807, 2.05) is 27.2 Å². The van der Waals surface area contributed by atoms with E-state index in [1.165, 1.54) is 0 Å². The lowest BCUT2D eigenvalue weighted by Crippen LogP contribution is -1.95. The van der Waals surface area contributed by atoms with E-state index in [1.54, 1.807) is 15.6 Å². The van der Waals surface area contributed by atoms with Crippen molar-refractivity contribution in [2.24, 2.45) is 14.1 Å². The Kier molecular flexibility index (Phi) is 1.80. The molecular weight excluding hydrogens is 178 g/mol. The molecule has 0 atom stereocenters. The van der Waals surface area contributed by atoms with Crippen LogP contribution in [0.1, 0.15) is 5.69 Å². The zero-order valence-corrected chi connectivity index (χ0v) is 8.52. The van der Waals surface area contributed by atoms with Crippen LogP contribution in [-0.2, 0) is 14.1 Å². The number of nitrogen functional groups attached to an aromatic ring is 1. The number of rotatable bonds is 1. The van der Waals surface area contributed by atoms with E-state index in [0.29, 0.717) is 5.82 Å². The van der Waals surface area contributed by atoms with Gasteiger partial charge in [0.1, 0.15) is 11.5 Å². The molecule has 0 aliphatic carbocycles. The standard InChI is InChI=1S/C9H13N5/c1-6-7(4-14(3)12-6)8-9(10)13(2)5-11-8/h4-5H,10H2,1-3H3. The van der Waals surface area contributed by atoms with Crippen molar-refractivity contribution in [3.63, 3.8) is 0 Å². The molecular formula is C9H13N5. The molecule has 0 saturated heterocycles. The molecule has 2 N–H and O–H groups in total. The Hall–Kier alpha value is -1.78. The molecule has 0 amide bonds. The van der Waals surface area contributed by atoms with Gasteiger partial charge in [0.15, 0.2) is 0 Å². The molecule has 0 saturated carbocycles. The van der Waals surface area contributed by atoms with Gasteiger partial charge in [-0.15, -0.1) is 0 Å². The molecule has 0 aliphatic rings. The Balaban J connectivity index is 2.59.